The van der Waals surface area contributed by atoms with Gasteiger partial charge >= 0.3 is 0 Å². The average molecular weight is 266 g/mol. The van der Waals surface area contributed by atoms with Crippen LogP contribution in [0.15, 0.2) is 60.7 Å². The molecule has 2 nitrogen and oxygen atoms in total. The molecule has 3 rings (SSSR count). The summed E-state index contributed by atoms with van der Waals surface area (Å²) in [4.78, 5) is 10.9. The first-order valence-corrected chi connectivity index (χ1v) is 6.18. The zero-order valence-electron chi connectivity index (χ0n) is 10.5. The van der Waals surface area contributed by atoms with Gasteiger partial charge in [-0.2, -0.15) is 0 Å². The first-order chi connectivity index (χ1) is 9.78. The molecule has 3 aromatic carbocycles. The lowest BCUT2D eigenvalue weighted by atomic mass is 10.1. The predicted octanol–water partition coefficient (Wildman–Crippen LogP) is 4.58. The van der Waals surface area contributed by atoms with Crippen molar-refractivity contribution in [3.8, 4) is 11.5 Å². The molecule has 0 fully saturated rings. The number of ether oxygens (including phenoxy) is 1. The Bertz CT molecular complexity index is 781. The number of fused-ring (bicyclic) bond motifs is 1. The fourth-order valence-corrected chi connectivity index (χ4v) is 2.07. The van der Waals surface area contributed by atoms with Crippen molar-refractivity contribution in [2.45, 2.75) is 0 Å². The van der Waals surface area contributed by atoms with E-state index in [1.54, 1.807) is 6.07 Å². The zero-order chi connectivity index (χ0) is 13.9. The van der Waals surface area contributed by atoms with E-state index in [4.69, 9.17) is 4.74 Å². The molecule has 3 heteroatoms. The highest BCUT2D eigenvalue weighted by Gasteiger charge is 2.10. The number of carbonyl (C=O) groups excluding carboxylic acids is 1. The zero-order valence-corrected chi connectivity index (χ0v) is 10.5. The van der Waals surface area contributed by atoms with Crippen molar-refractivity contribution < 1.29 is 13.9 Å². The van der Waals surface area contributed by atoms with Gasteiger partial charge in [-0.15, -0.1) is 0 Å². The lowest BCUT2D eigenvalue weighted by Gasteiger charge is -2.09. The lowest BCUT2D eigenvalue weighted by Crippen LogP contribution is -1.94. The molecule has 0 bridgehead atoms. The van der Waals surface area contributed by atoms with Crippen LogP contribution in [0.2, 0.25) is 0 Å². The van der Waals surface area contributed by atoms with Crippen LogP contribution >= 0.6 is 0 Å². The van der Waals surface area contributed by atoms with Gasteiger partial charge in [0.25, 0.3) is 0 Å². The lowest BCUT2D eigenvalue weighted by molar-refractivity contribution is 0.112. The van der Waals surface area contributed by atoms with Crippen molar-refractivity contribution in [3.05, 3.63) is 72.0 Å². The SMILES string of the molecule is O=Cc1cccc(F)c1Oc1ccc2ccccc2c1. The second-order valence-corrected chi connectivity index (χ2v) is 4.39. The third-order valence-electron chi connectivity index (χ3n) is 3.07. The summed E-state index contributed by atoms with van der Waals surface area (Å²) in [7, 11) is 0. The molecule has 0 unspecified atom stereocenters. The summed E-state index contributed by atoms with van der Waals surface area (Å²) in [6.07, 6.45) is 0.583. The molecule has 0 heterocycles. The molecule has 0 saturated heterocycles. The third kappa shape index (κ3) is 2.26. The van der Waals surface area contributed by atoms with Gasteiger partial charge in [-0.25, -0.2) is 4.39 Å². The largest absolute Gasteiger partial charge is 0.454 e. The van der Waals surface area contributed by atoms with Crippen LogP contribution in [0.25, 0.3) is 10.8 Å². The molecule has 20 heavy (non-hydrogen) atoms. The Labute approximate surface area is 115 Å². The van der Waals surface area contributed by atoms with Crippen LogP contribution in [0.5, 0.6) is 11.5 Å². The second kappa shape index (κ2) is 5.13. The quantitative estimate of drug-likeness (QED) is 0.648. The van der Waals surface area contributed by atoms with Crippen LogP contribution in [0, 0.1) is 5.82 Å². The van der Waals surface area contributed by atoms with Gasteiger partial charge in [-0.1, -0.05) is 36.4 Å². The van der Waals surface area contributed by atoms with Gasteiger partial charge in [0.1, 0.15) is 5.75 Å². The van der Waals surface area contributed by atoms with Gasteiger partial charge in [0, 0.05) is 0 Å². The van der Waals surface area contributed by atoms with E-state index < -0.39 is 5.82 Å². The number of aldehydes is 1. The minimum Gasteiger partial charge on any atom is -0.454 e. The van der Waals surface area contributed by atoms with E-state index in [9.17, 15) is 9.18 Å². The van der Waals surface area contributed by atoms with E-state index in [0.29, 0.717) is 12.0 Å². The molecule has 0 aliphatic rings. The topological polar surface area (TPSA) is 26.3 Å². The van der Waals surface area contributed by atoms with Crippen LogP contribution in [-0.2, 0) is 0 Å². The fraction of sp³-hybridized carbons (Fsp3) is 0. The highest BCUT2D eigenvalue weighted by molar-refractivity contribution is 5.84. The Morgan fingerprint density at radius 2 is 1.70 bits per heavy atom. The van der Waals surface area contributed by atoms with Crippen molar-refractivity contribution in [3.63, 3.8) is 0 Å². The Morgan fingerprint density at radius 3 is 2.50 bits per heavy atom. The van der Waals surface area contributed by atoms with E-state index in [0.717, 1.165) is 10.8 Å². The number of hydrogen-bond donors (Lipinski definition) is 0. The Kier molecular flexibility index (Phi) is 3.17. The maximum absolute atomic E-state index is 13.8. The number of rotatable bonds is 3. The molecule has 0 spiro atoms. The van der Waals surface area contributed by atoms with E-state index in [1.807, 2.05) is 36.4 Å². The molecule has 98 valence electrons. The molecule has 0 N–H and O–H groups in total. The van der Waals surface area contributed by atoms with Gasteiger partial charge in [-0.3, -0.25) is 4.79 Å². The monoisotopic (exact) mass is 266 g/mol. The van der Waals surface area contributed by atoms with Gasteiger partial charge < -0.3 is 4.74 Å². The Morgan fingerprint density at radius 1 is 0.900 bits per heavy atom. The van der Waals surface area contributed by atoms with Crippen LogP contribution in [0.4, 0.5) is 4.39 Å². The van der Waals surface area contributed by atoms with Gasteiger partial charge in [0.05, 0.1) is 5.56 Å². The summed E-state index contributed by atoms with van der Waals surface area (Å²) in [6.45, 7) is 0. The molecular formula is C17H11FO2. The smallest absolute Gasteiger partial charge is 0.173 e. The molecule has 0 radical (unpaired) electrons. The van der Waals surface area contributed by atoms with Crippen molar-refractivity contribution in [1.29, 1.82) is 0 Å². The summed E-state index contributed by atoms with van der Waals surface area (Å²) in [5.74, 6) is -0.0996. The highest BCUT2D eigenvalue weighted by Crippen LogP contribution is 2.29. The summed E-state index contributed by atoms with van der Waals surface area (Å²) >= 11 is 0. The van der Waals surface area contributed by atoms with Gasteiger partial charge in [0.15, 0.2) is 17.9 Å². The minimum atomic E-state index is -0.553. The van der Waals surface area contributed by atoms with Gasteiger partial charge in [-0.05, 0) is 35.0 Å². The first-order valence-electron chi connectivity index (χ1n) is 6.18. The van der Waals surface area contributed by atoms with E-state index in [2.05, 4.69) is 0 Å². The fourth-order valence-electron chi connectivity index (χ4n) is 2.07. The van der Waals surface area contributed by atoms with Crippen LogP contribution < -0.4 is 4.74 Å². The maximum atomic E-state index is 13.8. The summed E-state index contributed by atoms with van der Waals surface area (Å²) in [5.41, 5.74) is 0.193. The van der Waals surface area contributed by atoms with Crippen LogP contribution in [-0.4, -0.2) is 6.29 Å². The number of benzene rings is 3. The van der Waals surface area contributed by atoms with Crippen molar-refractivity contribution in [1.82, 2.24) is 0 Å². The standard InChI is InChI=1S/C17H11FO2/c18-16-7-3-6-14(11-19)17(16)20-15-9-8-12-4-1-2-5-13(12)10-15/h1-11H. The number of carbonyl (C=O) groups is 1. The van der Waals surface area contributed by atoms with E-state index in [1.165, 1.54) is 18.2 Å². The summed E-state index contributed by atoms with van der Waals surface area (Å²) in [6, 6.07) is 17.5. The molecule has 0 atom stereocenters. The highest BCUT2D eigenvalue weighted by atomic mass is 19.1. The molecule has 0 aliphatic carbocycles. The number of halogens is 1. The minimum absolute atomic E-state index is 0.0437. The first kappa shape index (κ1) is 12.4. The van der Waals surface area contributed by atoms with Crippen molar-refractivity contribution in [2.24, 2.45) is 0 Å². The average Bonchev–Trinajstić information content (AvgIpc) is 2.49. The van der Waals surface area contributed by atoms with E-state index >= 15 is 0 Å². The molecule has 0 saturated carbocycles. The molecular weight excluding hydrogens is 255 g/mol. The van der Waals surface area contributed by atoms with Crippen molar-refractivity contribution in [2.75, 3.05) is 0 Å². The van der Waals surface area contributed by atoms with E-state index in [-0.39, 0.29) is 11.3 Å². The van der Waals surface area contributed by atoms with Gasteiger partial charge in [0.2, 0.25) is 0 Å². The maximum Gasteiger partial charge on any atom is 0.173 e. The number of para-hydroxylation sites is 1. The molecule has 0 aliphatic heterocycles. The van der Waals surface area contributed by atoms with Crippen LogP contribution in [0.3, 0.4) is 0 Å². The molecule has 3 aromatic rings. The number of hydrogen-bond acceptors (Lipinski definition) is 2. The van der Waals surface area contributed by atoms with Crippen molar-refractivity contribution >= 4 is 17.1 Å². The summed E-state index contributed by atoms with van der Waals surface area (Å²) in [5, 5.41) is 2.07. The second-order valence-electron chi connectivity index (χ2n) is 4.39. The van der Waals surface area contributed by atoms with Crippen LogP contribution in [0.1, 0.15) is 10.4 Å². The Balaban J connectivity index is 2.03. The summed E-state index contributed by atoms with van der Waals surface area (Å²) < 4.78 is 19.3. The normalized spacial score (nSPS) is 10.4. The predicted molar refractivity (Wildman–Crippen MR) is 75.8 cm³/mol. The molecule has 0 aromatic heterocycles. The molecule has 0 amide bonds. The third-order valence-corrected chi connectivity index (χ3v) is 3.07. The Hall–Kier alpha value is -2.68.